The lowest BCUT2D eigenvalue weighted by Crippen LogP contribution is -2.38. The lowest BCUT2D eigenvalue weighted by Gasteiger charge is -2.19. The fraction of sp³-hybridized carbons (Fsp3) is 0.889. The molecule has 0 saturated heterocycles. The van der Waals surface area contributed by atoms with Crippen LogP contribution in [0.3, 0.4) is 0 Å². The first-order valence-corrected chi connectivity index (χ1v) is 19.6. The molecule has 0 aromatic carbocycles. The Balaban J connectivity index is 3.60. The predicted molar refractivity (Wildman–Crippen MR) is 184 cm³/mol. The minimum absolute atomic E-state index is 0.574. The van der Waals surface area contributed by atoms with E-state index in [0.717, 1.165) is 25.7 Å². The summed E-state index contributed by atoms with van der Waals surface area (Å²) in [6.45, 7) is 5.69. The average Bonchev–Trinajstić information content (AvgIpc) is 2.95. The number of nitrogens with zero attached hydrogens (tertiary/aromatic N) is 1. The van der Waals surface area contributed by atoms with E-state index in [2.05, 4.69) is 38.2 Å². The Morgan fingerprint density at radius 2 is 0.659 bits per heavy atom. The fourth-order valence-corrected chi connectivity index (χ4v) is 6.20. The van der Waals surface area contributed by atoms with Crippen molar-refractivity contribution in [3.63, 3.8) is 0 Å². The van der Waals surface area contributed by atoms with Crippen LogP contribution in [0.1, 0.15) is 194 Å². The van der Waals surface area contributed by atoms with Crippen LogP contribution in [0.2, 0.25) is 0 Å². The maximum Gasteiger partial charge on any atom is 0.276 e. The van der Waals surface area contributed by atoms with Crippen molar-refractivity contribution in [3.8, 4) is 0 Å². The van der Waals surface area contributed by atoms with E-state index < -0.39 is 10.2 Å². The highest BCUT2D eigenvalue weighted by Gasteiger charge is 2.15. The van der Waals surface area contributed by atoms with Gasteiger partial charge in [-0.05, 0) is 64.2 Å². The molecular formula is C36H72N2O2S. The molecule has 0 aliphatic carbocycles. The van der Waals surface area contributed by atoms with Crippen molar-refractivity contribution in [2.75, 3.05) is 13.1 Å². The number of rotatable bonds is 33. The largest absolute Gasteiger partial charge is 0.276 e. The number of hydrogen-bond donors (Lipinski definition) is 1. The third kappa shape index (κ3) is 32.1. The second-order valence-electron chi connectivity index (χ2n) is 12.3. The molecule has 0 aliphatic heterocycles. The highest BCUT2D eigenvalue weighted by molar-refractivity contribution is 7.86. The Kier molecular flexibility index (Phi) is 31.8. The van der Waals surface area contributed by atoms with Gasteiger partial charge in [0.1, 0.15) is 0 Å². The van der Waals surface area contributed by atoms with Gasteiger partial charge in [-0.15, -0.1) is 0 Å². The molecule has 0 spiro atoms. The molecule has 0 atom stereocenters. The molecule has 4 nitrogen and oxygen atoms in total. The Morgan fingerprint density at radius 1 is 0.415 bits per heavy atom. The zero-order chi connectivity index (χ0) is 30.1. The van der Waals surface area contributed by atoms with Crippen LogP contribution < -0.4 is 5.14 Å². The molecule has 0 radical (unpaired) electrons. The van der Waals surface area contributed by atoms with E-state index in [1.165, 1.54) is 158 Å². The van der Waals surface area contributed by atoms with Crippen molar-refractivity contribution in [1.29, 1.82) is 0 Å². The zero-order valence-corrected chi connectivity index (χ0v) is 28.6. The molecule has 0 rings (SSSR count). The van der Waals surface area contributed by atoms with Gasteiger partial charge in [-0.25, -0.2) is 5.14 Å². The van der Waals surface area contributed by atoms with E-state index in [-0.39, 0.29) is 0 Å². The SMILES string of the molecule is CCCCCCCC/C=C\CCCCCCCCN(CCCCCCCC/C=C\CCCCCCCC)S(N)(=O)=O. The van der Waals surface area contributed by atoms with Crippen molar-refractivity contribution in [3.05, 3.63) is 24.3 Å². The van der Waals surface area contributed by atoms with Gasteiger partial charge in [0.2, 0.25) is 0 Å². The molecule has 2 N–H and O–H groups in total. The lowest BCUT2D eigenvalue weighted by molar-refractivity contribution is 0.384. The van der Waals surface area contributed by atoms with Gasteiger partial charge in [0.05, 0.1) is 0 Å². The molecule has 244 valence electrons. The van der Waals surface area contributed by atoms with Gasteiger partial charge < -0.3 is 0 Å². The van der Waals surface area contributed by atoms with Crippen molar-refractivity contribution < 1.29 is 8.42 Å². The molecule has 0 fully saturated rings. The second-order valence-corrected chi connectivity index (χ2v) is 13.9. The van der Waals surface area contributed by atoms with Gasteiger partial charge in [0, 0.05) is 13.1 Å². The molecule has 0 aromatic heterocycles. The first-order chi connectivity index (χ1) is 20.0. The Morgan fingerprint density at radius 3 is 0.927 bits per heavy atom. The lowest BCUT2D eigenvalue weighted by atomic mass is 10.1. The summed E-state index contributed by atoms with van der Waals surface area (Å²) in [5.74, 6) is 0. The molecule has 0 bridgehead atoms. The van der Waals surface area contributed by atoms with E-state index in [1.54, 1.807) is 0 Å². The summed E-state index contributed by atoms with van der Waals surface area (Å²) in [7, 11) is -3.59. The Bertz CT molecular complexity index is 633. The minimum Gasteiger partial charge on any atom is -0.216 e. The standard InChI is InChI=1S/C36H72N2O2S/c1-3-5-7-9-11-13-15-17-19-21-23-25-27-29-31-33-35-38(41(37,39)40)36-34-32-30-28-26-24-22-20-18-16-14-12-10-8-6-4-2/h17-20H,3-16,21-36H2,1-2H3,(H2,37,39,40)/b19-17-,20-18-. The topological polar surface area (TPSA) is 63.4 Å². The summed E-state index contributed by atoms with van der Waals surface area (Å²) >= 11 is 0. The summed E-state index contributed by atoms with van der Waals surface area (Å²) in [6, 6.07) is 0. The first-order valence-electron chi connectivity index (χ1n) is 18.1. The van der Waals surface area contributed by atoms with Crippen molar-refractivity contribution in [1.82, 2.24) is 4.31 Å². The van der Waals surface area contributed by atoms with Gasteiger partial charge in [-0.2, -0.15) is 12.7 Å². The van der Waals surface area contributed by atoms with Crippen molar-refractivity contribution >= 4 is 10.2 Å². The molecule has 0 aliphatic rings. The van der Waals surface area contributed by atoms with Gasteiger partial charge >= 0.3 is 0 Å². The van der Waals surface area contributed by atoms with Gasteiger partial charge in [-0.1, -0.05) is 154 Å². The van der Waals surface area contributed by atoms with E-state index in [4.69, 9.17) is 5.14 Å². The van der Waals surface area contributed by atoms with E-state index in [9.17, 15) is 8.42 Å². The summed E-state index contributed by atoms with van der Waals surface area (Å²) < 4.78 is 25.5. The van der Waals surface area contributed by atoms with Crippen LogP contribution >= 0.6 is 0 Å². The molecule has 5 heteroatoms. The van der Waals surface area contributed by atoms with Crippen LogP contribution in [-0.2, 0) is 10.2 Å². The molecule has 0 saturated carbocycles. The molecule has 0 amide bonds. The molecular weight excluding hydrogens is 524 g/mol. The van der Waals surface area contributed by atoms with E-state index in [0.29, 0.717) is 13.1 Å². The molecule has 0 unspecified atom stereocenters. The quantitative estimate of drug-likeness (QED) is 0.0605. The third-order valence-electron chi connectivity index (χ3n) is 8.20. The van der Waals surface area contributed by atoms with E-state index in [1.807, 2.05) is 0 Å². The van der Waals surface area contributed by atoms with Crippen LogP contribution in [0.15, 0.2) is 24.3 Å². The van der Waals surface area contributed by atoms with Crippen LogP contribution in [0, 0.1) is 0 Å². The maximum atomic E-state index is 12.0. The van der Waals surface area contributed by atoms with Crippen LogP contribution in [0.25, 0.3) is 0 Å². The summed E-state index contributed by atoms with van der Waals surface area (Å²) in [5.41, 5.74) is 0. The summed E-state index contributed by atoms with van der Waals surface area (Å²) in [5, 5.41) is 5.50. The van der Waals surface area contributed by atoms with Crippen molar-refractivity contribution in [2.24, 2.45) is 5.14 Å². The minimum atomic E-state index is -3.59. The van der Waals surface area contributed by atoms with Crippen LogP contribution in [-0.4, -0.2) is 25.8 Å². The smallest absolute Gasteiger partial charge is 0.216 e. The Hall–Kier alpha value is -0.650. The molecule has 0 heterocycles. The second kappa shape index (κ2) is 32.3. The number of allylic oxidation sites excluding steroid dienone is 4. The fourth-order valence-electron chi connectivity index (χ4n) is 5.44. The maximum absolute atomic E-state index is 12.0. The summed E-state index contributed by atoms with van der Waals surface area (Å²) in [4.78, 5) is 0. The highest BCUT2D eigenvalue weighted by Crippen LogP contribution is 2.13. The molecule has 41 heavy (non-hydrogen) atoms. The van der Waals surface area contributed by atoms with Crippen LogP contribution in [0.4, 0.5) is 0 Å². The summed E-state index contributed by atoms with van der Waals surface area (Å²) in [6.07, 6.45) is 44.8. The van der Waals surface area contributed by atoms with Gasteiger partial charge in [0.25, 0.3) is 10.2 Å². The van der Waals surface area contributed by atoms with Gasteiger partial charge in [-0.3, -0.25) is 0 Å². The Labute approximate surface area is 258 Å². The van der Waals surface area contributed by atoms with E-state index >= 15 is 0 Å². The first kappa shape index (κ1) is 40.4. The van der Waals surface area contributed by atoms with Gasteiger partial charge in [0.15, 0.2) is 0 Å². The van der Waals surface area contributed by atoms with Crippen molar-refractivity contribution in [2.45, 2.75) is 194 Å². The zero-order valence-electron chi connectivity index (χ0n) is 27.8. The normalized spacial score (nSPS) is 12.5. The number of unbranched alkanes of at least 4 members (excludes halogenated alkanes) is 24. The predicted octanol–water partition coefficient (Wildman–Crippen LogP) is 11.6. The molecule has 0 aromatic rings. The number of nitrogens with two attached hydrogens (primary N) is 1. The highest BCUT2D eigenvalue weighted by atomic mass is 32.2. The third-order valence-corrected chi connectivity index (χ3v) is 9.28. The average molecular weight is 597 g/mol. The monoisotopic (exact) mass is 597 g/mol. The van der Waals surface area contributed by atoms with Crippen LogP contribution in [0.5, 0.6) is 0 Å². The number of hydrogen-bond acceptors (Lipinski definition) is 2.